The van der Waals surface area contributed by atoms with Crippen LogP contribution in [0.2, 0.25) is 0 Å². The number of amides is 1. The number of ether oxygens (including phenoxy) is 5. The first-order chi connectivity index (χ1) is 17.5. The Morgan fingerprint density at radius 1 is 0.784 bits per heavy atom. The zero-order valence-electron chi connectivity index (χ0n) is 20.9. The van der Waals surface area contributed by atoms with E-state index in [-0.39, 0.29) is 13.0 Å². The monoisotopic (exact) mass is 515 g/mol. The van der Waals surface area contributed by atoms with Gasteiger partial charge in [0.2, 0.25) is 12.2 Å². The fourth-order valence-electron chi connectivity index (χ4n) is 4.18. The Hall–Kier alpha value is -3.99. The third-order valence-corrected chi connectivity index (χ3v) is 5.54. The van der Waals surface area contributed by atoms with E-state index in [1.807, 2.05) is 42.5 Å². The van der Waals surface area contributed by atoms with Crippen molar-refractivity contribution in [2.24, 2.45) is 0 Å². The minimum atomic E-state index is -1.44. The first kappa shape index (κ1) is 27.6. The number of esters is 4. The van der Waals surface area contributed by atoms with Gasteiger partial charge in [0.1, 0.15) is 18.8 Å². The average molecular weight is 516 g/mol. The SMILES string of the molecule is CC(=O)OCC1OC(OC(C)=O)C(NC(=O)Cc2cccc3ccccc23)C(OC(C)=O)C1OC(C)=O. The molecule has 11 heteroatoms. The maximum atomic E-state index is 13.2. The topological polar surface area (TPSA) is 144 Å². The second-order valence-electron chi connectivity index (χ2n) is 8.51. The average Bonchev–Trinajstić information content (AvgIpc) is 2.81. The molecule has 1 aliphatic rings. The van der Waals surface area contributed by atoms with Gasteiger partial charge < -0.3 is 29.0 Å². The smallest absolute Gasteiger partial charge is 0.305 e. The van der Waals surface area contributed by atoms with E-state index < -0.39 is 60.4 Å². The maximum absolute atomic E-state index is 13.2. The van der Waals surface area contributed by atoms with Gasteiger partial charge in [-0.3, -0.25) is 24.0 Å². The van der Waals surface area contributed by atoms with Crippen molar-refractivity contribution in [3.63, 3.8) is 0 Å². The number of hydrogen-bond donors (Lipinski definition) is 1. The highest BCUT2D eigenvalue weighted by atomic mass is 16.7. The van der Waals surface area contributed by atoms with Gasteiger partial charge in [-0.1, -0.05) is 42.5 Å². The Morgan fingerprint density at radius 2 is 1.41 bits per heavy atom. The molecule has 2 aromatic rings. The summed E-state index contributed by atoms with van der Waals surface area (Å²) in [5.74, 6) is -3.34. The molecule has 0 aliphatic carbocycles. The zero-order valence-corrected chi connectivity index (χ0v) is 20.9. The Bertz CT molecular complexity index is 1170. The second kappa shape index (κ2) is 12.3. The van der Waals surface area contributed by atoms with Crippen LogP contribution in [0.5, 0.6) is 0 Å². The molecule has 2 aromatic carbocycles. The van der Waals surface area contributed by atoms with Crippen LogP contribution in [0.15, 0.2) is 42.5 Å². The van der Waals surface area contributed by atoms with E-state index in [9.17, 15) is 24.0 Å². The Morgan fingerprint density at radius 3 is 2.05 bits per heavy atom. The molecule has 0 spiro atoms. The second-order valence-corrected chi connectivity index (χ2v) is 8.51. The summed E-state index contributed by atoms with van der Waals surface area (Å²) >= 11 is 0. The lowest BCUT2D eigenvalue weighted by molar-refractivity contribution is -0.271. The number of carbonyl (C=O) groups is 5. The van der Waals surface area contributed by atoms with E-state index in [2.05, 4.69) is 5.32 Å². The molecule has 3 rings (SSSR count). The van der Waals surface area contributed by atoms with Gasteiger partial charge in [0.05, 0.1) is 6.42 Å². The Balaban J connectivity index is 1.93. The molecular weight excluding hydrogens is 486 g/mol. The van der Waals surface area contributed by atoms with Gasteiger partial charge in [0, 0.05) is 27.7 Å². The molecule has 5 atom stereocenters. The Kier molecular flexibility index (Phi) is 9.18. The summed E-state index contributed by atoms with van der Waals surface area (Å²) in [5.41, 5.74) is 0.740. The molecule has 1 amide bonds. The number of hydrogen-bond acceptors (Lipinski definition) is 10. The molecule has 0 aromatic heterocycles. The number of nitrogens with one attached hydrogen (secondary N) is 1. The summed E-state index contributed by atoms with van der Waals surface area (Å²) in [6, 6.07) is 11.9. The highest BCUT2D eigenvalue weighted by Crippen LogP contribution is 2.28. The minimum Gasteiger partial charge on any atom is -0.463 e. The minimum absolute atomic E-state index is 0.0491. The Labute approximate surface area is 213 Å². The van der Waals surface area contributed by atoms with Crippen LogP contribution in [0.1, 0.15) is 33.3 Å². The normalized spacial score (nSPS) is 23.0. The van der Waals surface area contributed by atoms with Crippen molar-refractivity contribution in [3.8, 4) is 0 Å². The maximum Gasteiger partial charge on any atom is 0.305 e. The van der Waals surface area contributed by atoms with Crippen LogP contribution in [-0.2, 0) is 54.1 Å². The quantitative estimate of drug-likeness (QED) is 0.406. The van der Waals surface area contributed by atoms with Gasteiger partial charge in [-0.25, -0.2) is 0 Å². The molecule has 0 saturated carbocycles. The van der Waals surface area contributed by atoms with Crippen molar-refractivity contribution in [2.45, 2.75) is 64.8 Å². The molecule has 1 heterocycles. The van der Waals surface area contributed by atoms with E-state index in [0.717, 1.165) is 37.1 Å². The van der Waals surface area contributed by atoms with Crippen molar-refractivity contribution in [1.29, 1.82) is 0 Å². The fourth-order valence-corrected chi connectivity index (χ4v) is 4.18. The summed E-state index contributed by atoms with van der Waals surface area (Å²) in [4.78, 5) is 60.3. The largest absolute Gasteiger partial charge is 0.463 e. The van der Waals surface area contributed by atoms with Gasteiger partial charge in [0.15, 0.2) is 12.2 Å². The van der Waals surface area contributed by atoms with Crippen LogP contribution in [0.4, 0.5) is 0 Å². The van der Waals surface area contributed by atoms with Crippen molar-refractivity contribution < 1.29 is 47.7 Å². The van der Waals surface area contributed by atoms with Crippen LogP contribution >= 0.6 is 0 Å². The molecule has 0 bridgehead atoms. The molecule has 1 fully saturated rings. The lowest BCUT2D eigenvalue weighted by atomic mass is 9.95. The van der Waals surface area contributed by atoms with Gasteiger partial charge in [-0.05, 0) is 16.3 Å². The predicted molar refractivity (Wildman–Crippen MR) is 128 cm³/mol. The standard InChI is InChI=1S/C26H29NO10/c1-14(28)33-13-21-24(34-15(2)29)25(35-16(3)30)23(26(37-21)36-17(4)31)27-22(32)12-19-10-7-9-18-8-5-6-11-20(18)19/h5-11,21,23-26H,12-13H2,1-4H3,(H,27,32). The lowest BCUT2D eigenvalue weighted by Crippen LogP contribution is -2.67. The van der Waals surface area contributed by atoms with Crippen molar-refractivity contribution in [1.82, 2.24) is 5.32 Å². The number of fused-ring (bicyclic) bond motifs is 1. The van der Waals surface area contributed by atoms with Gasteiger partial charge in [-0.2, -0.15) is 0 Å². The van der Waals surface area contributed by atoms with Crippen LogP contribution in [0.25, 0.3) is 10.8 Å². The van der Waals surface area contributed by atoms with Crippen molar-refractivity contribution in [3.05, 3.63) is 48.0 Å². The van der Waals surface area contributed by atoms with Crippen LogP contribution in [-0.4, -0.2) is 67.0 Å². The van der Waals surface area contributed by atoms with Crippen LogP contribution in [0, 0.1) is 0 Å². The predicted octanol–water partition coefficient (Wildman–Crippen LogP) is 1.58. The molecule has 11 nitrogen and oxygen atoms in total. The van der Waals surface area contributed by atoms with Crippen molar-refractivity contribution in [2.75, 3.05) is 6.61 Å². The highest BCUT2D eigenvalue weighted by Gasteiger charge is 2.52. The number of carbonyl (C=O) groups excluding carboxylic acids is 5. The summed E-state index contributed by atoms with van der Waals surface area (Å²) in [5, 5.41) is 4.55. The highest BCUT2D eigenvalue weighted by molar-refractivity contribution is 5.90. The van der Waals surface area contributed by atoms with E-state index in [4.69, 9.17) is 23.7 Å². The molecule has 1 aliphatic heterocycles. The third kappa shape index (κ3) is 7.50. The van der Waals surface area contributed by atoms with E-state index in [1.165, 1.54) is 6.92 Å². The van der Waals surface area contributed by atoms with Gasteiger partial charge >= 0.3 is 23.9 Å². The van der Waals surface area contributed by atoms with Gasteiger partial charge in [-0.15, -0.1) is 0 Å². The molecule has 5 unspecified atom stereocenters. The number of benzene rings is 2. The van der Waals surface area contributed by atoms with Crippen molar-refractivity contribution >= 4 is 40.6 Å². The van der Waals surface area contributed by atoms with E-state index >= 15 is 0 Å². The third-order valence-electron chi connectivity index (χ3n) is 5.54. The van der Waals surface area contributed by atoms with Crippen LogP contribution in [0.3, 0.4) is 0 Å². The van der Waals surface area contributed by atoms with E-state index in [1.54, 1.807) is 0 Å². The fraction of sp³-hybridized carbons (Fsp3) is 0.423. The summed E-state index contributed by atoms with van der Waals surface area (Å²) < 4.78 is 26.9. The van der Waals surface area contributed by atoms with Crippen LogP contribution < -0.4 is 5.32 Å². The molecule has 37 heavy (non-hydrogen) atoms. The number of rotatable bonds is 8. The molecule has 1 N–H and O–H groups in total. The summed E-state index contributed by atoms with van der Waals surface area (Å²) in [7, 11) is 0. The van der Waals surface area contributed by atoms with E-state index in [0.29, 0.717) is 0 Å². The van der Waals surface area contributed by atoms with Gasteiger partial charge in [0.25, 0.3) is 0 Å². The molecule has 198 valence electrons. The summed E-state index contributed by atoms with van der Waals surface area (Å²) in [6.07, 6.45) is -5.25. The molecule has 1 saturated heterocycles. The molecule has 0 radical (unpaired) electrons. The zero-order chi connectivity index (χ0) is 27.1. The molecular formula is C26H29NO10. The first-order valence-electron chi connectivity index (χ1n) is 11.6. The lowest BCUT2D eigenvalue weighted by Gasteiger charge is -2.44. The first-order valence-corrected chi connectivity index (χ1v) is 11.6. The summed E-state index contributed by atoms with van der Waals surface area (Å²) in [6.45, 7) is 4.20.